The highest BCUT2D eigenvalue weighted by Crippen LogP contribution is 2.38. The SMILES string of the molecule is O=C1C=C(c2c3n(c4ccccc24)CCC(CO)C3)C(=O)N1Nc1ccccc1. The molecule has 2 N–H and O–H groups in total. The van der Waals surface area contributed by atoms with Crippen molar-refractivity contribution in [1.29, 1.82) is 0 Å². The Kier molecular flexibility index (Phi) is 4.21. The molecular weight excluding hydrogens is 366 g/mol. The number of amides is 2. The fourth-order valence-electron chi connectivity index (χ4n) is 4.36. The summed E-state index contributed by atoms with van der Waals surface area (Å²) in [6.45, 7) is 0.914. The molecule has 6 nitrogen and oxygen atoms in total. The molecule has 0 spiro atoms. The Morgan fingerprint density at radius 2 is 1.79 bits per heavy atom. The zero-order chi connectivity index (χ0) is 20.0. The molecule has 3 aromatic rings. The Balaban J connectivity index is 1.58. The Labute approximate surface area is 168 Å². The van der Waals surface area contributed by atoms with Crippen LogP contribution in [0.4, 0.5) is 5.69 Å². The summed E-state index contributed by atoms with van der Waals surface area (Å²) in [4.78, 5) is 25.9. The highest BCUT2D eigenvalue weighted by Gasteiger charge is 2.36. The summed E-state index contributed by atoms with van der Waals surface area (Å²) in [5.41, 5.74) is 6.89. The molecule has 146 valence electrons. The van der Waals surface area contributed by atoms with Gasteiger partial charge >= 0.3 is 0 Å². The number of rotatable bonds is 4. The van der Waals surface area contributed by atoms with Crippen molar-refractivity contribution >= 4 is 34.0 Å². The van der Waals surface area contributed by atoms with Gasteiger partial charge in [0.2, 0.25) is 0 Å². The summed E-state index contributed by atoms with van der Waals surface area (Å²) in [6.07, 6.45) is 3.00. The van der Waals surface area contributed by atoms with Gasteiger partial charge in [-0.2, -0.15) is 5.01 Å². The van der Waals surface area contributed by atoms with Gasteiger partial charge in [-0.05, 0) is 37.0 Å². The van der Waals surface area contributed by atoms with Crippen molar-refractivity contribution in [2.45, 2.75) is 19.4 Å². The van der Waals surface area contributed by atoms with Gasteiger partial charge in [-0.1, -0.05) is 36.4 Å². The summed E-state index contributed by atoms with van der Waals surface area (Å²) in [7, 11) is 0. The van der Waals surface area contributed by atoms with Crippen molar-refractivity contribution in [1.82, 2.24) is 9.58 Å². The number of hydrazine groups is 1. The Hall–Kier alpha value is -3.38. The van der Waals surface area contributed by atoms with Crippen molar-refractivity contribution in [3.8, 4) is 0 Å². The lowest BCUT2D eigenvalue weighted by atomic mass is 9.92. The molecule has 0 saturated heterocycles. The van der Waals surface area contributed by atoms with E-state index < -0.39 is 0 Å². The van der Waals surface area contributed by atoms with E-state index in [0.29, 0.717) is 17.7 Å². The van der Waals surface area contributed by atoms with Crippen LogP contribution >= 0.6 is 0 Å². The number of aromatic nitrogens is 1. The Bertz CT molecular complexity index is 1150. The van der Waals surface area contributed by atoms with Crippen LogP contribution < -0.4 is 5.43 Å². The van der Waals surface area contributed by atoms with E-state index in [0.717, 1.165) is 40.1 Å². The standard InChI is InChI=1S/C23H21N3O3/c27-14-15-10-11-25-19-9-5-4-8-17(19)22(20(25)12-15)18-13-21(28)26(23(18)29)24-16-6-2-1-3-7-16/h1-9,13,15,24,27H,10-12,14H2. The minimum absolute atomic E-state index is 0.120. The third kappa shape index (κ3) is 2.84. The molecule has 2 aliphatic heterocycles. The number of nitrogens with one attached hydrogen (secondary N) is 1. The van der Waals surface area contributed by atoms with Gasteiger partial charge in [0.15, 0.2) is 0 Å². The second kappa shape index (κ2) is 6.90. The summed E-state index contributed by atoms with van der Waals surface area (Å²) in [6, 6.07) is 17.1. The van der Waals surface area contributed by atoms with Crippen LogP contribution in [0.5, 0.6) is 0 Å². The Morgan fingerprint density at radius 1 is 1.03 bits per heavy atom. The molecule has 0 radical (unpaired) electrons. The molecule has 1 unspecified atom stereocenters. The van der Waals surface area contributed by atoms with Gasteiger partial charge in [-0.3, -0.25) is 15.0 Å². The van der Waals surface area contributed by atoms with E-state index in [1.54, 1.807) is 12.1 Å². The van der Waals surface area contributed by atoms with Crippen LogP contribution in [0.1, 0.15) is 17.7 Å². The molecule has 3 heterocycles. The maximum atomic E-state index is 13.2. The topological polar surface area (TPSA) is 74.6 Å². The first-order chi connectivity index (χ1) is 14.2. The highest BCUT2D eigenvalue weighted by molar-refractivity contribution is 6.35. The number of aliphatic hydroxyl groups excluding tert-OH is 1. The highest BCUT2D eigenvalue weighted by atomic mass is 16.3. The molecule has 0 fully saturated rings. The van der Waals surface area contributed by atoms with Crippen LogP contribution in [-0.4, -0.2) is 33.1 Å². The summed E-state index contributed by atoms with van der Waals surface area (Å²) >= 11 is 0. The van der Waals surface area contributed by atoms with Crippen LogP contribution in [0.15, 0.2) is 60.7 Å². The van der Waals surface area contributed by atoms with E-state index in [4.69, 9.17) is 0 Å². The summed E-state index contributed by atoms with van der Waals surface area (Å²) in [5.74, 6) is -0.576. The first-order valence-corrected chi connectivity index (χ1v) is 9.80. The number of para-hydroxylation sites is 2. The first-order valence-electron chi connectivity index (χ1n) is 9.80. The number of aliphatic hydroxyl groups is 1. The molecule has 0 bridgehead atoms. The minimum Gasteiger partial charge on any atom is -0.396 e. The molecule has 6 heteroatoms. The van der Waals surface area contributed by atoms with E-state index in [2.05, 4.69) is 9.99 Å². The average molecular weight is 387 g/mol. The van der Waals surface area contributed by atoms with Crippen molar-refractivity contribution in [3.63, 3.8) is 0 Å². The molecule has 2 aromatic carbocycles. The van der Waals surface area contributed by atoms with E-state index in [9.17, 15) is 14.7 Å². The zero-order valence-corrected chi connectivity index (χ0v) is 15.8. The van der Waals surface area contributed by atoms with Crippen LogP contribution in [0.3, 0.4) is 0 Å². The van der Waals surface area contributed by atoms with Gasteiger partial charge in [-0.15, -0.1) is 0 Å². The molecule has 1 aromatic heterocycles. The molecule has 29 heavy (non-hydrogen) atoms. The van der Waals surface area contributed by atoms with Crippen molar-refractivity contribution in [2.75, 3.05) is 12.0 Å². The van der Waals surface area contributed by atoms with Crippen LogP contribution in [0, 0.1) is 5.92 Å². The largest absolute Gasteiger partial charge is 0.396 e. The van der Waals surface area contributed by atoms with Crippen LogP contribution in [0.2, 0.25) is 0 Å². The molecular formula is C23H21N3O3. The maximum Gasteiger partial charge on any atom is 0.280 e. The Morgan fingerprint density at radius 3 is 2.59 bits per heavy atom. The molecule has 1 atom stereocenters. The number of carbonyl (C=O) groups is 2. The van der Waals surface area contributed by atoms with E-state index in [1.165, 1.54) is 6.08 Å². The van der Waals surface area contributed by atoms with Crippen molar-refractivity contribution in [2.24, 2.45) is 5.92 Å². The van der Waals surface area contributed by atoms with E-state index in [1.807, 2.05) is 42.5 Å². The van der Waals surface area contributed by atoms with Gasteiger partial charge in [0.1, 0.15) is 0 Å². The first kappa shape index (κ1) is 17.7. The second-order valence-electron chi connectivity index (χ2n) is 7.55. The smallest absolute Gasteiger partial charge is 0.280 e. The van der Waals surface area contributed by atoms with Gasteiger partial charge < -0.3 is 9.67 Å². The van der Waals surface area contributed by atoms with Crippen LogP contribution in [-0.2, 0) is 22.6 Å². The summed E-state index contributed by atoms with van der Waals surface area (Å²) < 4.78 is 2.22. The number of aryl methyl sites for hydroxylation is 1. The predicted molar refractivity (Wildman–Crippen MR) is 111 cm³/mol. The predicted octanol–water partition coefficient (Wildman–Crippen LogP) is 2.98. The molecule has 0 saturated carbocycles. The third-order valence-corrected chi connectivity index (χ3v) is 5.79. The fourth-order valence-corrected chi connectivity index (χ4v) is 4.36. The third-order valence-electron chi connectivity index (χ3n) is 5.79. The normalized spacial score (nSPS) is 18.9. The molecule has 0 aliphatic carbocycles. The number of hydrogen-bond acceptors (Lipinski definition) is 4. The lowest BCUT2D eigenvalue weighted by Crippen LogP contribution is -2.36. The number of fused-ring (bicyclic) bond motifs is 3. The van der Waals surface area contributed by atoms with Crippen LogP contribution in [0.25, 0.3) is 16.5 Å². The number of imide groups is 1. The molecule has 2 aliphatic rings. The molecule has 5 rings (SSSR count). The van der Waals surface area contributed by atoms with Gasteiger partial charge in [0.25, 0.3) is 11.8 Å². The van der Waals surface area contributed by atoms with Crippen molar-refractivity contribution < 1.29 is 14.7 Å². The number of benzene rings is 2. The van der Waals surface area contributed by atoms with Crippen molar-refractivity contribution in [3.05, 3.63) is 71.9 Å². The number of anilines is 1. The number of hydrogen-bond donors (Lipinski definition) is 2. The lowest BCUT2D eigenvalue weighted by molar-refractivity contribution is -0.134. The van der Waals surface area contributed by atoms with Gasteiger partial charge in [0.05, 0.1) is 11.3 Å². The number of nitrogens with zero attached hydrogens (tertiary/aromatic N) is 2. The van der Waals surface area contributed by atoms with Gasteiger partial charge in [-0.25, -0.2) is 0 Å². The average Bonchev–Trinajstić information content (AvgIpc) is 3.22. The quantitative estimate of drug-likeness (QED) is 0.675. The van der Waals surface area contributed by atoms with Gasteiger partial charge in [0, 0.05) is 41.4 Å². The maximum absolute atomic E-state index is 13.2. The monoisotopic (exact) mass is 387 g/mol. The van der Waals surface area contributed by atoms with E-state index in [-0.39, 0.29) is 24.3 Å². The summed E-state index contributed by atoms with van der Waals surface area (Å²) in [5, 5.41) is 11.7. The van der Waals surface area contributed by atoms with E-state index >= 15 is 0 Å². The molecule has 2 amide bonds. The second-order valence-corrected chi connectivity index (χ2v) is 7.55. The zero-order valence-electron chi connectivity index (χ0n) is 15.8. The number of carbonyl (C=O) groups excluding carboxylic acids is 2. The minimum atomic E-state index is -0.382. The lowest BCUT2D eigenvalue weighted by Gasteiger charge is -2.24. The fraction of sp³-hybridized carbons (Fsp3) is 0.217.